The van der Waals surface area contributed by atoms with Crippen LogP contribution in [0.4, 0.5) is 0 Å². The second-order valence-electron chi connectivity index (χ2n) is 3.47. The lowest BCUT2D eigenvalue weighted by Crippen LogP contribution is -2.42. The van der Waals surface area contributed by atoms with Crippen LogP contribution in [0.5, 0.6) is 0 Å². The summed E-state index contributed by atoms with van der Waals surface area (Å²) >= 11 is 0. The summed E-state index contributed by atoms with van der Waals surface area (Å²) in [5, 5.41) is 0. The Kier molecular flexibility index (Phi) is 2.14. The number of ketones is 1. The molecule has 0 unspecified atom stereocenters. The first-order valence-electron chi connectivity index (χ1n) is 3.98. The van der Waals surface area contributed by atoms with Crippen LogP contribution >= 0.6 is 0 Å². The molecule has 1 aliphatic rings. The highest BCUT2D eigenvalue weighted by atomic mass is 16.1. The van der Waals surface area contributed by atoms with Crippen LogP contribution in [0.1, 0.15) is 20.3 Å². The summed E-state index contributed by atoms with van der Waals surface area (Å²) < 4.78 is 0. The van der Waals surface area contributed by atoms with Gasteiger partial charge in [0, 0.05) is 19.5 Å². The van der Waals surface area contributed by atoms with Gasteiger partial charge in [0.15, 0.2) is 5.78 Å². The summed E-state index contributed by atoms with van der Waals surface area (Å²) in [6.45, 7) is 9.32. The number of likely N-dealkylation sites (tertiary alicyclic amines) is 1. The number of nitrogens with zero attached hydrogens (tertiary/aromatic N) is 1. The molecule has 0 aliphatic carbocycles. The molecule has 0 aromatic rings. The van der Waals surface area contributed by atoms with Crippen molar-refractivity contribution in [2.45, 2.75) is 25.8 Å². The number of carbonyl (C=O) groups excluding carboxylic acids is 1. The lowest BCUT2D eigenvalue weighted by Gasteiger charge is -2.28. The van der Waals surface area contributed by atoms with Crippen LogP contribution < -0.4 is 0 Å². The number of hydrogen-bond donors (Lipinski definition) is 0. The van der Waals surface area contributed by atoms with Crippen LogP contribution in [0.15, 0.2) is 12.7 Å². The minimum atomic E-state index is -0.256. The van der Waals surface area contributed by atoms with Gasteiger partial charge in [-0.3, -0.25) is 9.69 Å². The number of carbonyl (C=O) groups is 1. The summed E-state index contributed by atoms with van der Waals surface area (Å²) in [5.74, 6) is 0.347. The summed E-state index contributed by atoms with van der Waals surface area (Å²) in [4.78, 5) is 13.5. The van der Waals surface area contributed by atoms with Crippen molar-refractivity contribution in [3.05, 3.63) is 12.7 Å². The molecule has 0 amide bonds. The van der Waals surface area contributed by atoms with Gasteiger partial charge in [-0.05, 0) is 13.8 Å². The third-order valence-corrected chi connectivity index (χ3v) is 2.43. The first-order chi connectivity index (χ1) is 5.09. The van der Waals surface area contributed by atoms with Crippen molar-refractivity contribution in [3.63, 3.8) is 0 Å². The molecule has 0 atom stereocenters. The second kappa shape index (κ2) is 2.78. The zero-order valence-electron chi connectivity index (χ0n) is 7.26. The van der Waals surface area contributed by atoms with E-state index in [0.29, 0.717) is 12.2 Å². The molecule has 1 heterocycles. The Morgan fingerprint density at radius 1 is 1.73 bits per heavy atom. The zero-order valence-corrected chi connectivity index (χ0v) is 7.26. The predicted molar refractivity (Wildman–Crippen MR) is 45.5 cm³/mol. The molecule has 62 valence electrons. The summed E-state index contributed by atoms with van der Waals surface area (Å²) in [6.07, 6.45) is 2.54. The Balaban J connectivity index is 2.69. The third kappa shape index (κ3) is 1.36. The average Bonchev–Trinajstić information content (AvgIpc) is 2.16. The highest BCUT2D eigenvalue weighted by Crippen LogP contribution is 2.24. The van der Waals surface area contributed by atoms with Gasteiger partial charge in [-0.15, -0.1) is 6.58 Å². The Hall–Kier alpha value is -0.630. The predicted octanol–water partition coefficient (Wildman–Crippen LogP) is 1.23. The number of hydrogen-bond acceptors (Lipinski definition) is 2. The fourth-order valence-corrected chi connectivity index (χ4v) is 1.47. The highest BCUT2D eigenvalue weighted by molar-refractivity contribution is 5.89. The molecule has 11 heavy (non-hydrogen) atoms. The van der Waals surface area contributed by atoms with E-state index >= 15 is 0 Å². The molecule has 1 rings (SSSR count). The molecule has 2 nitrogen and oxygen atoms in total. The van der Waals surface area contributed by atoms with Crippen LogP contribution in [-0.4, -0.2) is 29.3 Å². The van der Waals surface area contributed by atoms with Gasteiger partial charge in [0.05, 0.1) is 5.54 Å². The van der Waals surface area contributed by atoms with Crippen LogP contribution in [0.25, 0.3) is 0 Å². The number of rotatable bonds is 2. The zero-order chi connectivity index (χ0) is 8.48. The highest BCUT2D eigenvalue weighted by Gasteiger charge is 2.38. The van der Waals surface area contributed by atoms with E-state index in [4.69, 9.17) is 0 Å². The first-order valence-corrected chi connectivity index (χ1v) is 3.98. The number of Topliss-reactive ketones (excluding diaryl/α,β-unsaturated/α-hetero) is 1. The average molecular weight is 153 g/mol. The van der Waals surface area contributed by atoms with Crippen LogP contribution in [0.3, 0.4) is 0 Å². The fourth-order valence-electron chi connectivity index (χ4n) is 1.47. The Morgan fingerprint density at radius 2 is 2.36 bits per heavy atom. The van der Waals surface area contributed by atoms with Gasteiger partial charge in [-0.1, -0.05) is 6.08 Å². The Labute approximate surface area is 67.9 Å². The first kappa shape index (κ1) is 8.47. The smallest absolute Gasteiger partial charge is 0.153 e. The van der Waals surface area contributed by atoms with Crippen LogP contribution in [0.2, 0.25) is 0 Å². The van der Waals surface area contributed by atoms with Gasteiger partial charge in [0.25, 0.3) is 0 Å². The van der Waals surface area contributed by atoms with Crippen molar-refractivity contribution in [2.24, 2.45) is 0 Å². The van der Waals surface area contributed by atoms with Crippen molar-refractivity contribution in [1.29, 1.82) is 0 Å². The Morgan fingerprint density at radius 3 is 2.73 bits per heavy atom. The SMILES string of the molecule is C=CCN1CCC(=O)C1(C)C. The third-order valence-electron chi connectivity index (χ3n) is 2.43. The largest absolute Gasteiger partial charge is 0.298 e. The molecule has 0 radical (unpaired) electrons. The van der Waals surface area contributed by atoms with Gasteiger partial charge in [0.2, 0.25) is 0 Å². The molecule has 0 N–H and O–H groups in total. The van der Waals surface area contributed by atoms with E-state index in [9.17, 15) is 4.79 Å². The lowest BCUT2D eigenvalue weighted by atomic mass is 10.0. The van der Waals surface area contributed by atoms with E-state index in [1.165, 1.54) is 0 Å². The fraction of sp³-hybridized carbons (Fsp3) is 0.667. The lowest BCUT2D eigenvalue weighted by molar-refractivity contribution is -0.123. The van der Waals surface area contributed by atoms with Crippen molar-refractivity contribution in [2.75, 3.05) is 13.1 Å². The molecule has 0 spiro atoms. The van der Waals surface area contributed by atoms with Crippen molar-refractivity contribution >= 4 is 5.78 Å². The molecule has 0 bridgehead atoms. The standard InChI is InChI=1S/C9H15NO/c1-4-6-10-7-5-8(11)9(10,2)3/h4H,1,5-7H2,2-3H3. The van der Waals surface area contributed by atoms with Crippen LogP contribution in [0, 0.1) is 0 Å². The van der Waals surface area contributed by atoms with Crippen molar-refractivity contribution in [1.82, 2.24) is 4.90 Å². The molecular formula is C9H15NO. The van der Waals surface area contributed by atoms with E-state index < -0.39 is 0 Å². The molecule has 0 saturated carbocycles. The van der Waals surface area contributed by atoms with E-state index in [0.717, 1.165) is 13.1 Å². The molecule has 1 saturated heterocycles. The second-order valence-corrected chi connectivity index (χ2v) is 3.47. The molecule has 2 heteroatoms. The van der Waals surface area contributed by atoms with Gasteiger partial charge in [0.1, 0.15) is 0 Å². The molecule has 1 fully saturated rings. The molecule has 0 aromatic heterocycles. The topological polar surface area (TPSA) is 20.3 Å². The maximum Gasteiger partial charge on any atom is 0.153 e. The monoisotopic (exact) mass is 153 g/mol. The molecule has 1 aliphatic heterocycles. The maximum absolute atomic E-state index is 11.3. The van der Waals surface area contributed by atoms with Crippen molar-refractivity contribution < 1.29 is 4.79 Å². The van der Waals surface area contributed by atoms with E-state index in [-0.39, 0.29) is 5.54 Å². The normalized spacial score (nSPS) is 24.0. The molecule has 0 aromatic carbocycles. The molecular weight excluding hydrogens is 138 g/mol. The minimum Gasteiger partial charge on any atom is -0.298 e. The summed E-state index contributed by atoms with van der Waals surface area (Å²) in [7, 11) is 0. The van der Waals surface area contributed by atoms with Gasteiger partial charge >= 0.3 is 0 Å². The van der Waals surface area contributed by atoms with E-state index in [1.54, 1.807) is 0 Å². The van der Waals surface area contributed by atoms with E-state index in [2.05, 4.69) is 11.5 Å². The minimum absolute atomic E-state index is 0.256. The summed E-state index contributed by atoms with van der Waals surface area (Å²) in [5.41, 5.74) is -0.256. The van der Waals surface area contributed by atoms with Crippen LogP contribution in [-0.2, 0) is 4.79 Å². The maximum atomic E-state index is 11.3. The quantitative estimate of drug-likeness (QED) is 0.556. The van der Waals surface area contributed by atoms with E-state index in [1.807, 2.05) is 19.9 Å². The van der Waals surface area contributed by atoms with Gasteiger partial charge < -0.3 is 0 Å². The van der Waals surface area contributed by atoms with Gasteiger partial charge in [-0.25, -0.2) is 0 Å². The Bertz CT molecular complexity index is 184. The van der Waals surface area contributed by atoms with Crippen molar-refractivity contribution in [3.8, 4) is 0 Å². The summed E-state index contributed by atoms with van der Waals surface area (Å²) in [6, 6.07) is 0. The van der Waals surface area contributed by atoms with Gasteiger partial charge in [-0.2, -0.15) is 0 Å².